The maximum Gasteiger partial charge on any atom is 0.241 e. The lowest BCUT2D eigenvalue weighted by molar-refractivity contribution is -0.125. The van der Waals surface area contributed by atoms with Crippen molar-refractivity contribution < 1.29 is 9.59 Å². The minimum atomic E-state index is -0.435. The first-order valence-electron chi connectivity index (χ1n) is 10.0. The van der Waals surface area contributed by atoms with Crippen molar-refractivity contribution in [3.05, 3.63) is 48.0 Å². The summed E-state index contributed by atoms with van der Waals surface area (Å²) in [5.41, 5.74) is 3.95. The number of carbonyl (C=O) groups is 2. The molecule has 3 aromatic rings. The van der Waals surface area contributed by atoms with Crippen LogP contribution in [0.15, 0.2) is 42.5 Å². The van der Waals surface area contributed by atoms with Crippen molar-refractivity contribution in [1.29, 1.82) is 0 Å². The minimum Gasteiger partial charge on any atom is -0.353 e. The third-order valence-electron chi connectivity index (χ3n) is 4.83. The van der Waals surface area contributed by atoms with Gasteiger partial charge in [0.25, 0.3) is 0 Å². The Hall–Kier alpha value is -2.77. The molecule has 0 radical (unpaired) electrons. The minimum absolute atomic E-state index is 0.0769. The number of fused-ring (bicyclic) bond motifs is 1. The second kappa shape index (κ2) is 9.36. The van der Waals surface area contributed by atoms with Crippen molar-refractivity contribution in [2.75, 3.05) is 18.9 Å². The fourth-order valence-corrected chi connectivity index (χ4v) is 4.10. The van der Waals surface area contributed by atoms with Crippen LogP contribution < -0.4 is 10.6 Å². The monoisotopic (exact) mass is 424 g/mol. The van der Waals surface area contributed by atoms with Crippen LogP contribution in [-0.4, -0.2) is 47.4 Å². The van der Waals surface area contributed by atoms with E-state index in [1.807, 2.05) is 44.2 Å². The van der Waals surface area contributed by atoms with Crippen molar-refractivity contribution in [1.82, 2.24) is 15.2 Å². The van der Waals surface area contributed by atoms with Gasteiger partial charge in [-0.3, -0.25) is 14.5 Å². The summed E-state index contributed by atoms with van der Waals surface area (Å²) in [5, 5.41) is 6.71. The molecule has 0 aliphatic heterocycles. The average Bonchev–Trinajstić information content (AvgIpc) is 3.10. The van der Waals surface area contributed by atoms with Gasteiger partial charge in [-0.15, -0.1) is 11.3 Å². The molecule has 158 valence electrons. The van der Waals surface area contributed by atoms with Gasteiger partial charge < -0.3 is 10.6 Å². The van der Waals surface area contributed by atoms with Crippen LogP contribution in [0.5, 0.6) is 0 Å². The van der Waals surface area contributed by atoms with Crippen molar-refractivity contribution in [3.8, 4) is 10.6 Å². The molecular formula is C23H28N4O2S. The molecule has 0 saturated heterocycles. The molecule has 0 aliphatic carbocycles. The van der Waals surface area contributed by atoms with E-state index in [4.69, 9.17) is 4.98 Å². The van der Waals surface area contributed by atoms with Crippen LogP contribution in [-0.2, 0) is 9.59 Å². The number of nitrogens with zero attached hydrogens (tertiary/aromatic N) is 2. The number of nitrogens with one attached hydrogen (secondary N) is 2. The molecule has 0 saturated carbocycles. The molecule has 1 heterocycles. The molecule has 0 fully saturated rings. The van der Waals surface area contributed by atoms with Crippen LogP contribution in [0, 0.1) is 6.92 Å². The zero-order valence-corrected chi connectivity index (χ0v) is 18.8. The standard InChI is InChI=1S/C23H28N4O2S/c1-14(2)24-21(28)13-27(5)16(4)22(29)25-18-9-7-17(8-10-18)23-26-19-11-6-15(3)12-20(19)30-23/h6-12,14,16H,13H2,1-5H3,(H,24,28)(H,25,29)/t16-/m1/s1. The van der Waals surface area contributed by atoms with Crippen LogP contribution >= 0.6 is 11.3 Å². The summed E-state index contributed by atoms with van der Waals surface area (Å²) in [5.74, 6) is -0.249. The van der Waals surface area contributed by atoms with Crippen LogP contribution in [0.4, 0.5) is 5.69 Å². The highest BCUT2D eigenvalue weighted by atomic mass is 32.1. The topological polar surface area (TPSA) is 74.3 Å². The van der Waals surface area contributed by atoms with E-state index in [2.05, 4.69) is 29.7 Å². The first-order valence-corrected chi connectivity index (χ1v) is 10.8. The summed E-state index contributed by atoms with van der Waals surface area (Å²) in [6.07, 6.45) is 0. The van der Waals surface area contributed by atoms with Gasteiger partial charge in [0.2, 0.25) is 11.8 Å². The van der Waals surface area contributed by atoms with Crippen LogP contribution in [0.25, 0.3) is 20.8 Å². The Balaban J connectivity index is 1.63. The van der Waals surface area contributed by atoms with Crippen LogP contribution in [0.1, 0.15) is 26.3 Å². The summed E-state index contributed by atoms with van der Waals surface area (Å²) >= 11 is 1.66. The van der Waals surface area contributed by atoms with Gasteiger partial charge in [-0.2, -0.15) is 0 Å². The molecule has 0 unspecified atom stereocenters. The third kappa shape index (κ3) is 5.43. The number of amides is 2. The molecule has 1 aromatic heterocycles. The number of aromatic nitrogens is 1. The van der Waals surface area contributed by atoms with Gasteiger partial charge in [-0.25, -0.2) is 4.98 Å². The number of likely N-dealkylation sites (N-methyl/N-ethyl adjacent to an activating group) is 1. The van der Waals surface area contributed by atoms with Gasteiger partial charge in [0, 0.05) is 17.3 Å². The first kappa shape index (κ1) is 21.9. The molecule has 6 nitrogen and oxygen atoms in total. The van der Waals surface area contributed by atoms with E-state index in [1.54, 1.807) is 30.2 Å². The Morgan fingerprint density at radius 2 is 1.80 bits per heavy atom. The number of carbonyl (C=O) groups excluding carboxylic acids is 2. The van der Waals surface area contributed by atoms with Crippen molar-refractivity contribution in [3.63, 3.8) is 0 Å². The lowest BCUT2D eigenvalue weighted by atomic mass is 10.2. The maximum absolute atomic E-state index is 12.6. The number of thiazole rings is 1. The van der Waals surface area contributed by atoms with Gasteiger partial charge in [-0.1, -0.05) is 6.07 Å². The zero-order chi connectivity index (χ0) is 21.8. The molecular weight excluding hydrogens is 396 g/mol. The summed E-state index contributed by atoms with van der Waals surface area (Å²) in [6.45, 7) is 7.85. The average molecular weight is 425 g/mol. The number of hydrogen-bond acceptors (Lipinski definition) is 5. The van der Waals surface area contributed by atoms with Gasteiger partial charge in [0.1, 0.15) is 5.01 Å². The Morgan fingerprint density at radius 1 is 1.10 bits per heavy atom. The number of aryl methyl sites for hydroxylation is 1. The van der Waals surface area contributed by atoms with E-state index in [0.717, 1.165) is 16.1 Å². The van der Waals surface area contributed by atoms with Gasteiger partial charge in [-0.05, 0) is 76.7 Å². The molecule has 2 N–H and O–H groups in total. The Morgan fingerprint density at radius 3 is 2.47 bits per heavy atom. The van der Waals surface area contributed by atoms with E-state index < -0.39 is 6.04 Å². The quantitative estimate of drug-likeness (QED) is 0.600. The fraction of sp³-hybridized carbons (Fsp3) is 0.348. The zero-order valence-electron chi connectivity index (χ0n) is 18.0. The molecule has 2 aromatic carbocycles. The molecule has 2 amide bonds. The van der Waals surface area contributed by atoms with Gasteiger partial charge in [0.05, 0.1) is 22.8 Å². The molecule has 0 spiro atoms. The van der Waals surface area contributed by atoms with E-state index >= 15 is 0 Å². The first-order chi connectivity index (χ1) is 14.2. The van der Waals surface area contributed by atoms with Gasteiger partial charge >= 0.3 is 0 Å². The van der Waals surface area contributed by atoms with Crippen LogP contribution in [0.2, 0.25) is 0 Å². The predicted octanol–water partition coefficient (Wildman–Crippen LogP) is 4.06. The van der Waals surface area contributed by atoms with Crippen molar-refractivity contribution in [2.45, 2.75) is 39.8 Å². The lowest BCUT2D eigenvalue weighted by Crippen LogP contribution is -2.45. The molecule has 3 rings (SSSR count). The maximum atomic E-state index is 12.6. The van der Waals surface area contributed by atoms with Crippen molar-refractivity contribution in [2.24, 2.45) is 0 Å². The van der Waals surface area contributed by atoms with E-state index in [1.165, 1.54) is 10.3 Å². The molecule has 1 atom stereocenters. The largest absolute Gasteiger partial charge is 0.353 e. The van der Waals surface area contributed by atoms with Gasteiger partial charge in [0.15, 0.2) is 0 Å². The molecule has 0 bridgehead atoms. The number of hydrogen-bond donors (Lipinski definition) is 2. The summed E-state index contributed by atoms with van der Waals surface area (Å²) in [4.78, 5) is 30.9. The highest BCUT2D eigenvalue weighted by Gasteiger charge is 2.20. The van der Waals surface area contributed by atoms with E-state index in [0.29, 0.717) is 5.69 Å². The lowest BCUT2D eigenvalue weighted by Gasteiger charge is -2.23. The normalized spacial score (nSPS) is 12.4. The third-order valence-corrected chi connectivity index (χ3v) is 5.89. The van der Waals surface area contributed by atoms with Crippen molar-refractivity contribution >= 4 is 39.1 Å². The second-order valence-electron chi connectivity index (χ2n) is 7.87. The second-order valence-corrected chi connectivity index (χ2v) is 8.90. The number of anilines is 1. The summed E-state index contributed by atoms with van der Waals surface area (Å²) in [6, 6.07) is 13.6. The van der Waals surface area contributed by atoms with Crippen LogP contribution in [0.3, 0.4) is 0 Å². The predicted molar refractivity (Wildman–Crippen MR) is 124 cm³/mol. The number of rotatable bonds is 7. The molecule has 30 heavy (non-hydrogen) atoms. The molecule has 7 heteroatoms. The SMILES string of the molecule is Cc1ccc2nc(-c3ccc(NC(=O)[C@@H](C)N(C)CC(=O)NC(C)C)cc3)sc2c1. The smallest absolute Gasteiger partial charge is 0.241 e. The van der Waals surface area contributed by atoms with E-state index in [9.17, 15) is 9.59 Å². The molecule has 0 aliphatic rings. The fourth-order valence-electron chi connectivity index (χ4n) is 3.03. The Bertz CT molecular complexity index is 1040. The summed E-state index contributed by atoms with van der Waals surface area (Å²) < 4.78 is 1.17. The number of benzene rings is 2. The van der Waals surface area contributed by atoms with E-state index in [-0.39, 0.29) is 24.4 Å². The summed E-state index contributed by atoms with van der Waals surface area (Å²) in [7, 11) is 1.77. The Kier molecular flexibility index (Phi) is 6.84. The highest BCUT2D eigenvalue weighted by molar-refractivity contribution is 7.21. The Labute approximate surface area is 181 Å². The highest BCUT2D eigenvalue weighted by Crippen LogP contribution is 2.31.